The van der Waals surface area contributed by atoms with Gasteiger partial charge in [-0.25, -0.2) is 14.8 Å². The maximum atomic E-state index is 12.9. The van der Waals surface area contributed by atoms with Crippen LogP contribution in [0.15, 0.2) is 16.1 Å². The number of fused-ring (bicyclic) bond motifs is 1. The van der Waals surface area contributed by atoms with Crippen LogP contribution in [0.2, 0.25) is 0 Å². The Labute approximate surface area is 201 Å². The number of nitrogen functional groups attached to an aromatic ring is 1. The van der Waals surface area contributed by atoms with Gasteiger partial charge >= 0.3 is 23.9 Å². The van der Waals surface area contributed by atoms with Crippen LogP contribution in [0.3, 0.4) is 0 Å². The first-order valence-corrected chi connectivity index (χ1v) is 11.3. The van der Waals surface area contributed by atoms with Crippen molar-refractivity contribution in [3.05, 3.63) is 22.0 Å². The molecule has 2 aromatic rings. The van der Waals surface area contributed by atoms with Crippen LogP contribution in [0.1, 0.15) is 37.4 Å². The predicted molar refractivity (Wildman–Crippen MR) is 119 cm³/mol. The molecule has 188 valence electrons. The molecule has 15 heteroatoms. The second-order valence-electron chi connectivity index (χ2n) is 7.39. The van der Waals surface area contributed by atoms with Crippen LogP contribution in [-0.4, -0.2) is 74.7 Å². The summed E-state index contributed by atoms with van der Waals surface area (Å²) < 4.78 is 22.8. The number of carboxylic acids is 1. The van der Waals surface area contributed by atoms with Crippen LogP contribution in [0, 0.1) is 0 Å². The molecule has 0 saturated carbocycles. The van der Waals surface area contributed by atoms with E-state index in [9.17, 15) is 29.1 Å². The van der Waals surface area contributed by atoms with Crippen molar-refractivity contribution in [3.8, 4) is 0 Å². The summed E-state index contributed by atoms with van der Waals surface area (Å²) in [5, 5.41) is 9.49. The minimum Gasteiger partial charge on any atom is -0.477 e. The maximum absolute atomic E-state index is 12.9. The molecule has 0 amide bonds. The van der Waals surface area contributed by atoms with E-state index >= 15 is 0 Å². The van der Waals surface area contributed by atoms with E-state index < -0.39 is 59.4 Å². The number of carbonyl (C=O) groups is 4. The number of nitrogens with two attached hydrogens (primary N) is 1. The molecule has 0 spiro atoms. The maximum Gasteiger partial charge on any atom is 0.341 e. The van der Waals surface area contributed by atoms with E-state index in [1.807, 2.05) is 0 Å². The van der Waals surface area contributed by atoms with E-state index in [1.54, 1.807) is 6.26 Å². The average molecular weight is 510 g/mol. The molecular formula is C20H22N4O10S. The summed E-state index contributed by atoms with van der Waals surface area (Å²) in [4.78, 5) is 68.1. The number of anilines is 1. The van der Waals surface area contributed by atoms with Crippen LogP contribution >= 0.6 is 11.8 Å². The van der Waals surface area contributed by atoms with Gasteiger partial charge < -0.3 is 34.4 Å². The Morgan fingerprint density at radius 2 is 1.74 bits per heavy atom. The van der Waals surface area contributed by atoms with Gasteiger partial charge in [-0.2, -0.15) is 0 Å². The molecule has 3 heterocycles. The summed E-state index contributed by atoms with van der Waals surface area (Å²) in [5.41, 5.74) is 4.25. The number of pyridine rings is 1. The summed E-state index contributed by atoms with van der Waals surface area (Å²) in [6.45, 7) is 3.02. The summed E-state index contributed by atoms with van der Waals surface area (Å²) >= 11 is 1.11. The molecule has 1 saturated heterocycles. The highest BCUT2D eigenvalue weighted by atomic mass is 32.2. The normalized spacial score (nSPS) is 21.5. The van der Waals surface area contributed by atoms with E-state index in [4.69, 9.17) is 24.7 Å². The number of rotatable bonds is 7. The molecule has 0 radical (unpaired) electrons. The van der Waals surface area contributed by atoms with Gasteiger partial charge in [-0.3, -0.25) is 19.2 Å². The monoisotopic (exact) mass is 510 g/mol. The summed E-state index contributed by atoms with van der Waals surface area (Å²) in [6.07, 6.45) is -2.42. The summed E-state index contributed by atoms with van der Waals surface area (Å²) in [6, 6.07) is 0. The third-order valence-corrected chi connectivity index (χ3v) is 5.46. The van der Waals surface area contributed by atoms with Gasteiger partial charge in [0.25, 0.3) is 0 Å². The van der Waals surface area contributed by atoms with E-state index in [0.29, 0.717) is 0 Å². The molecule has 0 aliphatic carbocycles. The highest BCUT2D eigenvalue weighted by Crippen LogP contribution is 2.36. The average Bonchev–Trinajstić information content (AvgIpc) is 3.07. The number of carbonyl (C=O) groups excluding carboxylic acids is 3. The zero-order chi connectivity index (χ0) is 26.0. The number of aromatic carboxylic acids is 1. The lowest BCUT2D eigenvalue weighted by Gasteiger charge is -2.25. The van der Waals surface area contributed by atoms with Gasteiger partial charge in [-0.05, 0) is 6.26 Å². The fraction of sp³-hybridized carbons (Fsp3) is 0.450. The number of nitrogens with zero attached hydrogens (tertiary/aromatic N) is 3. The molecule has 14 nitrogen and oxygen atoms in total. The van der Waals surface area contributed by atoms with Gasteiger partial charge in [0.05, 0.1) is 0 Å². The lowest BCUT2D eigenvalue weighted by atomic mass is 10.1. The van der Waals surface area contributed by atoms with Gasteiger partial charge in [0.2, 0.25) is 5.43 Å². The number of esters is 3. The van der Waals surface area contributed by atoms with Crippen molar-refractivity contribution < 1.29 is 43.2 Å². The Balaban J connectivity index is 2.28. The highest BCUT2D eigenvalue weighted by molar-refractivity contribution is 7.98. The first-order chi connectivity index (χ1) is 16.4. The number of hydrogen-bond donors (Lipinski definition) is 2. The Morgan fingerprint density at radius 3 is 2.29 bits per heavy atom. The van der Waals surface area contributed by atoms with Crippen LogP contribution in [0.25, 0.3) is 11.0 Å². The molecule has 3 rings (SSSR count). The molecule has 2 aromatic heterocycles. The molecule has 1 unspecified atom stereocenters. The molecule has 4 atom stereocenters. The van der Waals surface area contributed by atoms with Crippen molar-refractivity contribution in [2.45, 2.75) is 50.5 Å². The molecular weight excluding hydrogens is 488 g/mol. The fourth-order valence-electron chi connectivity index (χ4n) is 3.60. The first kappa shape index (κ1) is 25.9. The van der Waals surface area contributed by atoms with Crippen molar-refractivity contribution in [1.82, 2.24) is 14.5 Å². The van der Waals surface area contributed by atoms with Crippen LogP contribution in [0.4, 0.5) is 5.82 Å². The van der Waals surface area contributed by atoms with Crippen LogP contribution in [0.5, 0.6) is 0 Å². The third kappa shape index (κ3) is 5.35. The fourth-order valence-corrected chi connectivity index (χ4v) is 3.96. The molecule has 0 aromatic carbocycles. The van der Waals surface area contributed by atoms with Gasteiger partial charge in [0.1, 0.15) is 29.5 Å². The Bertz CT molecular complexity index is 1260. The van der Waals surface area contributed by atoms with E-state index in [1.165, 1.54) is 0 Å². The van der Waals surface area contributed by atoms with Crippen LogP contribution in [-0.2, 0) is 33.3 Å². The van der Waals surface area contributed by atoms with E-state index in [0.717, 1.165) is 43.3 Å². The molecule has 35 heavy (non-hydrogen) atoms. The standard InChI is InChI=1S/C20H22N4O10S/c1-7(25)31-6-11-14(32-8(2)26)15(33-9(3)27)18(34-11)24-5-10(19(29)30)13(28)12-16(21)22-20(35-4)23-17(12)24/h5,11,14-15,18H,6H2,1-4H3,(H,29,30)(H2,21,22,23)/t11-,14-,15-,18?/m1/s1. The van der Waals surface area contributed by atoms with Crippen molar-refractivity contribution in [1.29, 1.82) is 0 Å². The number of carboxylic acid groups (broad SMARTS) is 1. The van der Waals surface area contributed by atoms with Crippen molar-refractivity contribution in [3.63, 3.8) is 0 Å². The first-order valence-electron chi connectivity index (χ1n) is 10.1. The molecule has 1 aliphatic heterocycles. The molecule has 1 aliphatic rings. The lowest BCUT2D eigenvalue weighted by Crippen LogP contribution is -2.40. The van der Waals surface area contributed by atoms with Gasteiger partial charge in [0, 0.05) is 27.0 Å². The predicted octanol–water partition coefficient (Wildman–Crippen LogP) is 0.118. The zero-order valence-corrected chi connectivity index (χ0v) is 19.9. The van der Waals surface area contributed by atoms with E-state index in [2.05, 4.69) is 9.97 Å². The van der Waals surface area contributed by atoms with Gasteiger partial charge in [-0.1, -0.05) is 11.8 Å². The van der Waals surface area contributed by atoms with Crippen molar-refractivity contribution in [2.75, 3.05) is 18.6 Å². The summed E-state index contributed by atoms with van der Waals surface area (Å²) in [7, 11) is 0. The minimum atomic E-state index is -1.56. The molecule has 3 N–H and O–H groups in total. The van der Waals surface area contributed by atoms with Gasteiger partial charge in [-0.15, -0.1) is 0 Å². The second kappa shape index (κ2) is 10.3. The Hall–Kier alpha value is -3.72. The van der Waals surface area contributed by atoms with Crippen molar-refractivity contribution in [2.24, 2.45) is 0 Å². The zero-order valence-electron chi connectivity index (χ0n) is 19.0. The highest BCUT2D eigenvalue weighted by Gasteiger charge is 2.51. The Kier molecular flexibility index (Phi) is 7.60. The topological polar surface area (TPSA) is 199 Å². The minimum absolute atomic E-state index is 0.103. The molecule has 1 fully saturated rings. The van der Waals surface area contributed by atoms with Crippen molar-refractivity contribution >= 4 is 52.5 Å². The third-order valence-electron chi connectivity index (χ3n) is 4.91. The van der Waals surface area contributed by atoms with Crippen LogP contribution < -0.4 is 11.2 Å². The number of aromatic nitrogens is 3. The number of ether oxygens (including phenoxy) is 4. The van der Waals surface area contributed by atoms with E-state index in [-0.39, 0.29) is 28.6 Å². The quantitative estimate of drug-likeness (QED) is 0.220. The second-order valence-corrected chi connectivity index (χ2v) is 8.17. The number of thioether (sulfide) groups is 1. The lowest BCUT2D eigenvalue weighted by molar-refractivity contribution is -0.166. The Morgan fingerprint density at radius 1 is 1.11 bits per heavy atom. The number of hydrogen-bond acceptors (Lipinski definition) is 13. The smallest absolute Gasteiger partial charge is 0.341 e. The SMILES string of the molecule is CSc1nc(N)c2c(=O)c(C(=O)O)cn(C3O[C@H](COC(C)=O)[C@@H](OC(C)=O)[C@H]3OC(C)=O)c2n1. The largest absolute Gasteiger partial charge is 0.477 e. The van der Waals surface area contributed by atoms with Gasteiger partial charge in [0.15, 0.2) is 29.2 Å². The molecule has 0 bridgehead atoms. The summed E-state index contributed by atoms with van der Waals surface area (Å²) in [5.74, 6) is -3.98.